The van der Waals surface area contributed by atoms with Gasteiger partial charge < -0.3 is 10.1 Å². The van der Waals surface area contributed by atoms with E-state index in [1.807, 2.05) is 45.0 Å². The summed E-state index contributed by atoms with van der Waals surface area (Å²) in [6.07, 6.45) is 0.296. The monoisotopic (exact) mass is 368 g/mol. The fourth-order valence-electron chi connectivity index (χ4n) is 2.33. The minimum absolute atomic E-state index is 0.0381. The number of carbonyl (C=O) groups is 2. The van der Waals surface area contributed by atoms with Crippen molar-refractivity contribution in [3.8, 4) is 0 Å². The normalized spacial score (nSPS) is 18.8. The van der Waals surface area contributed by atoms with Gasteiger partial charge in [0.25, 0.3) is 0 Å². The van der Waals surface area contributed by atoms with Crippen LogP contribution in [0.2, 0.25) is 0 Å². The van der Waals surface area contributed by atoms with Gasteiger partial charge in [0, 0.05) is 29.2 Å². The summed E-state index contributed by atoms with van der Waals surface area (Å²) in [6.45, 7) is 6.54. The lowest BCUT2D eigenvalue weighted by molar-refractivity contribution is -0.155. The first-order valence-electron chi connectivity index (χ1n) is 7.27. The van der Waals surface area contributed by atoms with Crippen molar-refractivity contribution >= 4 is 33.6 Å². The third-order valence-corrected chi connectivity index (χ3v) is 3.77. The van der Waals surface area contributed by atoms with Crippen LogP contribution in [0.4, 0.5) is 10.5 Å². The molecule has 1 aromatic rings. The summed E-state index contributed by atoms with van der Waals surface area (Å²) in [5, 5.41) is 2.83. The van der Waals surface area contributed by atoms with Gasteiger partial charge in [-0.05, 0) is 45.0 Å². The third-order valence-electron chi connectivity index (χ3n) is 3.24. The molecular weight excluding hydrogens is 348 g/mol. The predicted molar refractivity (Wildman–Crippen MR) is 88.8 cm³/mol. The Kier molecular flexibility index (Phi) is 5.11. The van der Waals surface area contributed by atoms with Crippen molar-refractivity contribution in [2.24, 2.45) is 5.92 Å². The molecule has 1 aliphatic rings. The molecule has 0 saturated carbocycles. The maximum Gasteiger partial charge on any atom is 0.321 e. The Morgan fingerprint density at radius 3 is 2.59 bits per heavy atom. The zero-order valence-corrected chi connectivity index (χ0v) is 14.6. The smallest absolute Gasteiger partial charge is 0.321 e. The zero-order chi connectivity index (χ0) is 16.3. The molecular formula is C16H21BrN2O3. The first kappa shape index (κ1) is 16.8. The molecule has 2 rings (SSSR count). The number of urea groups is 1. The molecule has 0 bridgehead atoms. The molecule has 0 aromatic heterocycles. The zero-order valence-electron chi connectivity index (χ0n) is 13.1. The molecule has 0 aliphatic carbocycles. The van der Waals surface area contributed by atoms with Crippen molar-refractivity contribution in [3.05, 3.63) is 28.7 Å². The second-order valence-electron chi connectivity index (χ2n) is 6.43. The standard InChI is InChI=1S/C16H21BrN2O3/c1-16(2,3)22-14(20)8-11-9-18-15(21)19(10-11)13-6-4-12(17)5-7-13/h4-7,11H,8-10H2,1-3H3,(H,18,21). The first-order chi connectivity index (χ1) is 10.2. The SMILES string of the molecule is CC(C)(C)OC(=O)CC1CNC(=O)N(c2ccc(Br)cc2)C1. The number of amides is 2. The van der Waals surface area contributed by atoms with E-state index in [0.29, 0.717) is 19.5 Å². The fourth-order valence-corrected chi connectivity index (χ4v) is 2.60. The maximum atomic E-state index is 12.0. The lowest BCUT2D eigenvalue weighted by atomic mass is 10.0. The molecule has 0 spiro atoms. The van der Waals surface area contributed by atoms with Gasteiger partial charge in [-0.25, -0.2) is 4.79 Å². The number of carbonyl (C=O) groups excluding carboxylic acids is 2. The minimum Gasteiger partial charge on any atom is -0.460 e. The van der Waals surface area contributed by atoms with Gasteiger partial charge in [0.05, 0.1) is 6.42 Å². The Morgan fingerprint density at radius 1 is 1.36 bits per heavy atom. The molecule has 2 amide bonds. The van der Waals surface area contributed by atoms with Crippen LogP contribution in [0.15, 0.2) is 28.7 Å². The van der Waals surface area contributed by atoms with Crippen molar-refractivity contribution in [1.29, 1.82) is 0 Å². The average Bonchev–Trinajstić information content (AvgIpc) is 2.40. The number of nitrogens with zero attached hydrogens (tertiary/aromatic N) is 1. The van der Waals surface area contributed by atoms with E-state index in [9.17, 15) is 9.59 Å². The lowest BCUT2D eigenvalue weighted by Gasteiger charge is -2.33. The number of esters is 1. The summed E-state index contributed by atoms with van der Waals surface area (Å²) < 4.78 is 6.30. The largest absolute Gasteiger partial charge is 0.460 e. The fraction of sp³-hybridized carbons (Fsp3) is 0.500. The van der Waals surface area contributed by atoms with Crippen LogP contribution in [0.1, 0.15) is 27.2 Å². The second kappa shape index (κ2) is 6.69. The highest BCUT2D eigenvalue weighted by molar-refractivity contribution is 9.10. The van der Waals surface area contributed by atoms with Gasteiger partial charge in [-0.1, -0.05) is 15.9 Å². The van der Waals surface area contributed by atoms with Gasteiger partial charge in [-0.15, -0.1) is 0 Å². The number of hydrogen-bond donors (Lipinski definition) is 1. The molecule has 1 unspecified atom stereocenters. The van der Waals surface area contributed by atoms with Crippen LogP contribution in [0, 0.1) is 5.92 Å². The van der Waals surface area contributed by atoms with Crippen LogP contribution in [-0.2, 0) is 9.53 Å². The number of benzene rings is 1. The van der Waals surface area contributed by atoms with Gasteiger partial charge in [-0.3, -0.25) is 9.69 Å². The van der Waals surface area contributed by atoms with Crippen LogP contribution in [0.5, 0.6) is 0 Å². The van der Waals surface area contributed by atoms with E-state index in [-0.39, 0.29) is 17.9 Å². The molecule has 120 valence electrons. The Labute approximate surface area is 139 Å². The second-order valence-corrected chi connectivity index (χ2v) is 7.35. The number of rotatable bonds is 3. The van der Waals surface area contributed by atoms with Crippen molar-refractivity contribution in [3.63, 3.8) is 0 Å². The van der Waals surface area contributed by atoms with Gasteiger partial charge in [0.1, 0.15) is 5.60 Å². The third kappa shape index (κ3) is 4.73. The van der Waals surface area contributed by atoms with Crippen LogP contribution in [0.3, 0.4) is 0 Å². The summed E-state index contributed by atoms with van der Waals surface area (Å²) in [5.74, 6) is -0.194. The summed E-state index contributed by atoms with van der Waals surface area (Å²) >= 11 is 3.38. The van der Waals surface area contributed by atoms with Gasteiger partial charge in [0.2, 0.25) is 0 Å². The first-order valence-corrected chi connectivity index (χ1v) is 8.07. The topological polar surface area (TPSA) is 58.6 Å². The maximum absolute atomic E-state index is 12.0. The molecule has 5 nitrogen and oxygen atoms in total. The van der Waals surface area contributed by atoms with Gasteiger partial charge in [-0.2, -0.15) is 0 Å². The van der Waals surface area contributed by atoms with Crippen LogP contribution in [0.25, 0.3) is 0 Å². The molecule has 6 heteroatoms. The van der Waals surface area contributed by atoms with Crippen LogP contribution in [-0.4, -0.2) is 30.7 Å². The number of hydrogen-bond acceptors (Lipinski definition) is 3. The average molecular weight is 369 g/mol. The lowest BCUT2D eigenvalue weighted by Crippen LogP contribution is -2.51. The number of ether oxygens (including phenoxy) is 1. The summed E-state index contributed by atoms with van der Waals surface area (Å²) in [6, 6.07) is 7.39. The van der Waals surface area contributed by atoms with Crippen LogP contribution < -0.4 is 10.2 Å². The predicted octanol–water partition coefficient (Wildman–Crippen LogP) is 3.33. The summed E-state index contributed by atoms with van der Waals surface area (Å²) in [5.41, 5.74) is 0.329. The van der Waals surface area contributed by atoms with Crippen molar-refractivity contribution < 1.29 is 14.3 Å². The highest BCUT2D eigenvalue weighted by atomic mass is 79.9. The van der Waals surface area contributed by atoms with Gasteiger partial charge in [0.15, 0.2) is 0 Å². The quantitative estimate of drug-likeness (QED) is 0.832. The van der Waals surface area contributed by atoms with E-state index in [0.717, 1.165) is 10.2 Å². The van der Waals surface area contributed by atoms with E-state index in [2.05, 4.69) is 21.2 Å². The number of nitrogens with one attached hydrogen (secondary N) is 1. The Balaban J connectivity index is 2.00. The molecule has 1 aliphatic heterocycles. The number of anilines is 1. The minimum atomic E-state index is -0.486. The Bertz CT molecular complexity index is 552. The number of halogens is 1. The molecule has 1 heterocycles. The Hall–Kier alpha value is -1.56. The molecule has 1 aromatic carbocycles. The highest BCUT2D eigenvalue weighted by Gasteiger charge is 2.29. The van der Waals surface area contributed by atoms with E-state index in [1.165, 1.54) is 0 Å². The molecule has 1 N–H and O–H groups in total. The van der Waals surface area contributed by atoms with Crippen molar-refractivity contribution in [2.75, 3.05) is 18.0 Å². The molecule has 1 atom stereocenters. The molecule has 0 radical (unpaired) electrons. The van der Waals surface area contributed by atoms with Crippen molar-refractivity contribution in [2.45, 2.75) is 32.8 Å². The van der Waals surface area contributed by atoms with Gasteiger partial charge >= 0.3 is 12.0 Å². The Morgan fingerprint density at radius 2 is 2.00 bits per heavy atom. The van der Waals surface area contributed by atoms with E-state index in [1.54, 1.807) is 4.90 Å². The van der Waals surface area contributed by atoms with Crippen molar-refractivity contribution in [1.82, 2.24) is 5.32 Å². The van der Waals surface area contributed by atoms with Crippen LogP contribution >= 0.6 is 15.9 Å². The summed E-state index contributed by atoms with van der Waals surface area (Å²) in [7, 11) is 0. The molecule has 1 fully saturated rings. The van der Waals surface area contributed by atoms with E-state index >= 15 is 0 Å². The van der Waals surface area contributed by atoms with E-state index < -0.39 is 5.60 Å². The highest BCUT2D eigenvalue weighted by Crippen LogP contribution is 2.23. The summed E-state index contributed by atoms with van der Waals surface area (Å²) in [4.78, 5) is 25.6. The van der Waals surface area contributed by atoms with E-state index in [4.69, 9.17) is 4.74 Å². The molecule has 22 heavy (non-hydrogen) atoms. The molecule has 1 saturated heterocycles.